The first-order valence-corrected chi connectivity index (χ1v) is 7.79. The maximum Gasteiger partial charge on any atom is 0.0412 e. The van der Waals surface area contributed by atoms with Crippen LogP contribution >= 0.6 is 0 Å². The van der Waals surface area contributed by atoms with E-state index in [-0.39, 0.29) is 0 Å². The van der Waals surface area contributed by atoms with Crippen molar-refractivity contribution in [1.29, 1.82) is 0 Å². The molecule has 2 nitrogen and oxygen atoms in total. The van der Waals surface area contributed by atoms with Crippen molar-refractivity contribution in [2.24, 2.45) is 5.92 Å². The monoisotopic (exact) mass is 260 g/mol. The van der Waals surface area contributed by atoms with Gasteiger partial charge in [-0.25, -0.2) is 0 Å². The summed E-state index contributed by atoms with van der Waals surface area (Å²) < 4.78 is 0. The molecule has 0 amide bonds. The number of nitrogens with one attached hydrogen (secondary N) is 1. The number of rotatable bonds is 6. The van der Waals surface area contributed by atoms with Crippen LogP contribution < -0.4 is 10.2 Å². The molecule has 1 N–H and O–H groups in total. The molecule has 0 saturated carbocycles. The fourth-order valence-corrected chi connectivity index (χ4v) is 2.95. The Morgan fingerprint density at radius 1 is 1.32 bits per heavy atom. The quantitative estimate of drug-likeness (QED) is 0.784. The van der Waals surface area contributed by atoms with E-state index < -0.39 is 0 Å². The Morgan fingerprint density at radius 3 is 2.84 bits per heavy atom. The van der Waals surface area contributed by atoms with Crippen LogP contribution in [0.25, 0.3) is 0 Å². The Hall–Kier alpha value is -1.02. The number of aryl methyl sites for hydroxylation is 1. The van der Waals surface area contributed by atoms with Crippen molar-refractivity contribution in [3.63, 3.8) is 0 Å². The predicted molar refractivity (Wildman–Crippen MR) is 83.8 cm³/mol. The summed E-state index contributed by atoms with van der Waals surface area (Å²) in [7, 11) is 0. The van der Waals surface area contributed by atoms with Crippen molar-refractivity contribution >= 4 is 5.69 Å². The molecule has 0 bridgehead atoms. The lowest BCUT2D eigenvalue weighted by molar-refractivity contribution is 0.569. The Bertz CT molecular complexity index is 400. The zero-order valence-corrected chi connectivity index (χ0v) is 12.7. The van der Waals surface area contributed by atoms with Gasteiger partial charge < -0.3 is 10.2 Å². The van der Waals surface area contributed by atoms with Crippen molar-refractivity contribution in [2.75, 3.05) is 24.5 Å². The minimum Gasteiger partial charge on any atom is -0.371 e. The molecule has 1 fully saturated rings. The normalized spacial score (nSPS) is 19.1. The summed E-state index contributed by atoms with van der Waals surface area (Å²) in [6.45, 7) is 11.3. The molecule has 106 valence electrons. The van der Waals surface area contributed by atoms with Crippen LogP contribution in [0.1, 0.15) is 44.2 Å². The van der Waals surface area contributed by atoms with Gasteiger partial charge in [0.15, 0.2) is 0 Å². The number of hydrogen-bond acceptors (Lipinski definition) is 2. The van der Waals surface area contributed by atoms with Crippen LogP contribution in [-0.2, 0) is 6.54 Å². The summed E-state index contributed by atoms with van der Waals surface area (Å²) in [5.74, 6) is 0.887. The Labute approximate surface area is 118 Å². The summed E-state index contributed by atoms with van der Waals surface area (Å²) in [5, 5.41) is 3.54. The standard InChI is InChI=1S/C17H28N2/c1-4-9-18-12-16-11-14(3)6-7-17(16)19-10-8-15(5-2)13-19/h6-7,11,15,18H,4-5,8-10,12-13H2,1-3H3. The second-order valence-electron chi connectivity index (χ2n) is 5.82. The molecule has 2 heteroatoms. The third-order valence-corrected chi connectivity index (χ3v) is 4.18. The van der Waals surface area contributed by atoms with Gasteiger partial charge >= 0.3 is 0 Å². The minimum atomic E-state index is 0.887. The van der Waals surface area contributed by atoms with Crippen LogP contribution in [0.15, 0.2) is 18.2 Å². The first-order chi connectivity index (χ1) is 9.24. The highest BCUT2D eigenvalue weighted by molar-refractivity contribution is 5.55. The number of nitrogens with zero attached hydrogens (tertiary/aromatic N) is 1. The summed E-state index contributed by atoms with van der Waals surface area (Å²) in [4.78, 5) is 2.58. The van der Waals surface area contributed by atoms with Crippen LogP contribution in [-0.4, -0.2) is 19.6 Å². The number of anilines is 1. The molecule has 1 aliphatic heterocycles. The average molecular weight is 260 g/mol. The maximum absolute atomic E-state index is 3.54. The molecule has 1 saturated heterocycles. The second-order valence-corrected chi connectivity index (χ2v) is 5.82. The third-order valence-electron chi connectivity index (χ3n) is 4.18. The number of hydrogen-bond donors (Lipinski definition) is 1. The molecule has 1 heterocycles. The first kappa shape index (κ1) is 14.4. The molecule has 2 rings (SSSR count). The van der Waals surface area contributed by atoms with Crippen LogP contribution in [0.2, 0.25) is 0 Å². The predicted octanol–water partition coefficient (Wildman–Crippen LogP) is 3.73. The largest absolute Gasteiger partial charge is 0.371 e. The van der Waals surface area contributed by atoms with E-state index >= 15 is 0 Å². The lowest BCUT2D eigenvalue weighted by Gasteiger charge is -2.23. The topological polar surface area (TPSA) is 15.3 Å². The smallest absolute Gasteiger partial charge is 0.0412 e. The molecule has 0 radical (unpaired) electrons. The third kappa shape index (κ3) is 3.73. The summed E-state index contributed by atoms with van der Waals surface area (Å²) >= 11 is 0. The van der Waals surface area contributed by atoms with E-state index in [9.17, 15) is 0 Å². The lowest BCUT2D eigenvalue weighted by atomic mass is 10.1. The molecule has 1 aromatic carbocycles. The Balaban J connectivity index is 2.10. The van der Waals surface area contributed by atoms with Gasteiger partial charge in [-0.2, -0.15) is 0 Å². The van der Waals surface area contributed by atoms with Gasteiger partial charge in [0.1, 0.15) is 0 Å². The molecule has 0 aromatic heterocycles. The summed E-state index contributed by atoms with van der Waals surface area (Å²) in [6, 6.07) is 6.91. The van der Waals surface area contributed by atoms with Gasteiger partial charge in [0, 0.05) is 25.3 Å². The van der Waals surface area contributed by atoms with Crippen LogP contribution in [0.3, 0.4) is 0 Å². The average Bonchev–Trinajstić information content (AvgIpc) is 2.88. The Morgan fingerprint density at radius 2 is 2.16 bits per heavy atom. The van der Waals surface area contributed by atoms with Crippen LogP contribution in [0, 0.1) is 12.8 Å². The van der Waals surface area contributed by atoms with E-state index in [4.69, 9.17) is 0 Å². The second kappa shape index (κ2) is 6.95. The van der Waals surface area contributed by atoms with E-state index in [1.54, 1.807) is 0 Å². The van der Waals surface area contributed by atoms with Gasteiger partial charge in [0.25, 0.3) is 0 Å². The van der Waals surface area contributed by atoms with Crippen molar-refractivity contribution < 1.29 is 0 Å². The van der Waals surface area contributed by atoms with E-state index in [2.05, 4.69) is 49.2 Å². The Kier molecular flexibility index (Phi) is 5.26. The van der Waals surface area contributed by atoms with Crippen molar-refractivity contribution in [3.8, 4) is 0 Å². The van der Waals surface area contributed by atoms with Gasteiger partial charge in [0.05, 0.1) is 0 Å². The highest BCUT2D eigenvalue weighted by atomic mass is 15.2. The minimum absolute atomic E-state index is 0.887. The summed E-state index contributed by atoms with van der Waals surface area (Å²) in [5.41, 5.74) is 4.28. The van der Waals surface area contributed by atoms with E-state index in [1.165, 1.54) is 49.2 Å². The van der Waals surface area contributed by atoms with Gasteiger partial charge in [-0.05, 0) is 43.9 Å². The highest BCUT2D eigenvalue weighted by Gasteiger charge is 2.22. The van der Waals surface area contributed by atoms with Gasteiger partial charge in [-0.15, -0.1) is 0 Å². The molecule has 0 aliphatic carbocycles. The molecule has 1 aromatic rings. The van der Waals surface area contributed by atoms with Gasteiger partial charge in [0.2, 0.25) is 0 Å². The first-order valence-electron chi connectivity index (χ1n) is 7.79. The molecule has 1 atom stereocenters. The fourth-order valence-electron chi connectivity index (χ4n) is 2.95. The molecule has 1 aliphatic rings. The van der Waals surface area contributed by atoms with Gasteiger partial charge in [-0.1, -0.05) is 38.0 Å². The van der Waals surface area contributed by atoms with E-state index in [1.807, 2.05) is 0 Å². The maximum atomic E-state index is 3.54. The lowest BCUT2D eigenvalue weighted by Crippen LogP contribution is -2.23. The number of benzene rings is 1. The molecular formula is C17H28N2. The molecule has 0 spiro atoms. The van der Waals surface area contributed by atoms with Gasteiger partial charge in [-0.3, -0.25) is 0 Å². The highest BCUT2D eigenvalue weighted by Crippen LogP contribution is 2.29. The zero-order valence-electron chi connectivity index (χ0n) is 12.7. The molecule has 19 heavy (non-hydrogen) atoms. The van der Waals surface area contributed by atoms with Crippen molar-refractivity contribution in [3.05, 3.63) is 29.3 Å². The van der Waals surface area contributed by atoms with Crippen LogP contribution in [0.4, 0.5) is 5.69 Å². The fraction of sp³-hybridized carbons (Fsp3) is 0.647. The molecular weight excluding hydrogens is 232 g/mol. The van der Waals surface area contributed by atoms with Crippen molar-refractivity contribution in [1.82, 2.24) is 5.32 Å². The molecule has 1 unspecified atom stereocenters. The zero-order chi connectivity index (χ0) is 13.7. The van der Waals surface area contributed by atoms with E-state index in [0.29, 0.717) is 0 Å². The van der Waals surface area contributed by atoms with Crippen LogP contribution in [0.5, 0.6) is 0 Å². The van der Waals surface area contributed by atoms with E-state index in [0.717, 1.165) is 19.0 Å². The SMILES string of the molecule is CCCNCc1cc(C)ccc1N1CCC(CC)C1. The van der Waals surface area contributed by atoms with Crippen molar-refractivity contribution in [2.45, 2.75) is 46.6 Å². The summed E-state index contributed by atoms with van der Waals surface area (Å²) in [6.07, 6.45) is 3.86.